The van der Waals surface area contributed by atoms with Gasteiger partial charge in [0.05, 0.1) is 6.04 Å². The molecular formula is C15H30N4O3. The Morgan fingerprint density at radius 1 is 1.23 bits per heavy atom. The van der Waals surface area contributed by atoms with Gasteiger partial charge in [-0.25, -0.2) is 4.79 Å². The maximum atomic E-state index is 12.0. The van der Waals surface area contributed by atoms with Crippen LogP contribution in [0, 0.1) is 0 Å². The number of carbonyl (C=O) groups excluding carboxylic acids is 2. The number of rotatable bonds is 5. The van der Waals surface area contributed by atoms with Crippen molar-refractivity contribution >= 4 is 12.0 Å². The van der Waals surface area contributed by atoms with Crippen molar-refractivity contribution in [2.45, 2.75) is 45.8 Å². The minimum absolute atomic E-state index is 0.0361. The van der Waals surface area contributed by atoms with Crippen molar-refractivity contribution in [1.82, 2.24) is 15.1 Å². The van der Waals surface area contributed by atoms with Crippen molar-refractivity contribution in [1.29, 1.82) is 0 Å². The lowest BCUT2D eigenvalue weighted by Gasteiger charge is -2.35. The molecule has 0 radical (unpaired) electrons. The summed E-state index contributed by atoms with van der Waals surface area (Å²) in [5.74, 6) is 0.0361. The SMILES string of the molecule is CC[C@@H](N)C(=O)N1CCN(CCNC(=O)OC(C)(C)C)CC1. The molecule has 0 saturated carbocycles. The number of nitrogens with zero attached hydrogens (tertiary/aromatic N) is 2. The lowest BCUT2D eigenvalue weighted by Crippen LogP contribution is -2.53. The first kappa shape index (κ1) is 18.7. The first-order chi connectivity index (χ1) is 10.2. The number of carbonyl (C=O) groups is 2. The van der Waals surface area contributed by atoms with Crippen molar-refractivity contribution in [2.75, 3.05) is 39.3 Å². The van der Waals surface area contributed by atoms with Crippen molar-refractivity contribution < 1.29 is 14.3 Å². The predicted octanol–water partition coefficient (Wildman–Crippen LogP) is 0.393. The molecular weight excluding hydrogens is 284 g/mol. The summed E-state index contributed by atoms with van der Waals surface area (Å²) < 4.78 is 5.18. The zero-order valence-electron chi connectivity index (χ0n) is 14.2. The molecule has 0 unspecified atom stereocenters. The highest BCUT2D eigenvalue weighted by molar-refractivity contribution is 5.81. The molecule has 0 spiro atoms. The number of nitrogens with one attached hydrogen (secondary N) is 1. The van der Waals surface area contributed by atoms with Gasteiger partial charge in [0.15, 0.2) is 0 Å². The van der Waals surface area contributed by atoms with Gasteiger partial charge in [-0.2, -0.15) is 0 Å². The van der Waals surface area contributed by atoms with E-state index in [1.165, 1.54) is 0 Å². The predicted molar refractivity (Wildman–Crippen MR) is 85.5 cm³/mol. The summed E-state index contributed by atoms with van der Waals surface area (Å²) in [6, 6.07) is -0.389. The fourth-order valence-corrected chi connectivity index (χ4v) is 2.23. The molecule has 1 saturated heterocycles. The van der Waals surface area contributed by atoms with Gasteiger partial charge in [0, 0.05) is 39.3 Å². The first-order valence-corrected chi connectivity index (χ1v) is 7.96. The smallest absolute Gasteiger partial charge is 0.407 e. The van der Waals surface area contributed by atoms with Crippen LogP contribution in [0.15, 0.2) is 0 Å². The number of alkyl carbamates (subject to hydrolysis) is 1. The molecule has 3 N–H and O–H groups in total. The van der Waals surface area contributed by atoms with E-state index in [0.717, 1.165) is 19.6 Å². The Hall–Kier alpha value is -1.34. The summed E-state index contributed by atoms with van der Waals surface area (Å²) in [5.41, 5.74) is 5.30. The number of hydrogen-bond acceptors (Lipinski definition) is 5. The highest BCUT2D eigenvalue weighted by atomic mass is 16.6. The van der Waals surface area contributed by atoms with Gasteiger partial charge in [-0.05, 0) is 27.2 Å². The zero-order chi connectivity index (χ0) is 16.8. The third-order valence-electron chi connectivity index (χ3n) is 3.54. The summed E-state index contributed by atoms with van der Waals surface area (Å²) in [5, 5.41) is 2.74. The van der Waals surface area contributed by atoms with Crippen molar-refractivity contribution in [3.63, 3.8) is 0 Å². The monoisotopic (exact) mass is 314 g/mol. The first-order valence-electron chi connectivity index (χ1n) is 7.96. The van der Waals surface area contributed by atoms with E-state index in [1.807, 2.05) is 32.6 Å². The van der Waals surface area contributed by atoms with E-state index in [4.69, 9.17) is 10.5 Å². The van der Waals surface area contributed by atoms with E-state index in [-0.39, 0.29) is 11.9 Å². The van der Waals surface area contributed by atoms with Gasteiger partial charge in [0.1, 0.15) is 5.60 Å². The molecule has 0 aromatic carbocycles. The van der Waals surface area contributed by atoms with Crippen LogP contribution in [0.1, 0.15) is 34.1 Å². The molecule has 0 aromatic rings. The van der Waals surface area contributed by atoms with E-state index in [1.54, 1.807) is 0 Å². The molecule has 0 bridgehead atoms. The van der Waals surface area contributed by atoms with E-state index in [0.29, 0.717) is 26.1 Å². The molecule has 1 heterocycles. The Kier molecular flexibility index (Phi) is 7.09. The minimum atomic E-state index is -0.478. The number of hydrogen-bond donors (Lipinski definition) is 2. The van der Waals surface area contributed by atoms with Crippen LogP contribution < -0.4 is 11.1 Å². The number of nitrogens with two attached hydrogens (primary N) is 1. The van der Waals surface area contributed by atoms with Crippen LogP contribution in [0.3, 0.4) is 0 Å². The van der Waals surface area contributed by atoms with Gasteiger partial charge < -0.3 is 20.7 Å². The molecule has 128 valence electrons. The molecule has 1 rings (SSSR count). The van der Waals surface area contributed by atoms with Crippen LogP contribution >= 0.6 is 0 Å². The molecule has 1 aliphatic rings. The Balaban J connectivity index is 2.21. The van der Waals surface area contributed by atoms with E-state index < -0.39 is 11.7 Å². The minimum Gasteiger partial charge on any atom is -0.444 e. The second-order valence-electron chi connectivity index (χ2n) is 6.61. The van der Waals surface area contributed by atoms with Gasteiger partial charge in [-0.15, -0.1) is 0 Å². The van der Waals surface area contributed by atoms with Crippen LogP contribution in [0.2, 0.25) is 0 Å². The number of piperazine rings is 1. The van der Waals surface area contributed by atoms with Crippen molar-refractivity contribution in [2.24, 2.45) is 5.73 Å². The fourth-order valence-electron chi connectivity index (χ4n) is 2.23. The Labute approximate surface area is 133 Å². The highest BCUT2D eigenvalue weighted by Gasteiger charge is 2.24. The summed E-state index contributed by atoms with van der Waals surface area (Å²) in [4.78, 5) is 27.6. The molecule has 0 aromatic heterocycles. The maximum Gasteiger partial charge on any atom is 0.407 e. The van der Waals surface area contributed by atoms with E-state index in [9.17, 15) is 9.59 Å². The lowest BCUT2D eigenvalue weighted by molar-refractivity contribution is -0.134. The van der Waals surface area contributed by atoms with Crippen LogP contribution in [-0.2, 0) is 9.53 Å². The largest absolute Gasteiger partial charge is 0.444 e. The van der Waals surface area contributed by atoms with Gasteiger partial charge in [-0.3, -0.25) is 9.69 Å². The summed E-state index contributed by atoms with van der Waals surface area (Å²) >= 11 is 0. The van der Waals surface area contributed by atoms with E-state index in [2.05, 4.69) is 10.2 Å². The van der Waals surface area contributed by atoms with Gasteiger partial charge >= 0.3 is 6.09 Å². The second-order valence-corrected chi connectivity index (χ2v) is 6.61. The number of amides is 2. The molecule has 1 aliphatic heterocycles. The topological polar surface area (TPSA) is 87.9 Å². The lowest BCUT2D eigenvalue weighted by atomic mass is 10.2. The average molecular weight is 314 g/mol. The molecule has 2 amide bonds. The van der Waals surface area contributed by atoms with Crippen LogP contribution in [0.5, 0.6) is 0 Å². The van der Waals surface area contributed by atoms with Crippen LogP contribution in [0.4, 0.5) is 4.79 Å². The fraction of sp³-hybridized carbons (Fsp3) is 0.867. The Morgan fingerprint density at radius 2 is 1.82 bits per heavy atom. The quantitative estimate of drug-likeness (QED) is 0.766. The molecule has 7 nitrogen and oxygen atoms in total. The second kappa shape index (κ2) is 8.33. The van der Waals surface area contributed by atoms with Crippen molar-refractivity contribution in [3.8, 4) is 0 Å². The Bertz CT molecular complexity index is 373. The van der Waals surface area contributed by atoms with Gasteiger partial charge in [-0.1, -0.05) is 6.92 Å². The Morgan fingerprint density at radius 3 is 2.32 bits per heavy atom. The zero-order valence-corrected chi connectivity index (χ0v) is 14.2. The van der Waals surface area contributed by atoms with Crippen LogP contribution in [-0.4, -0.2) is 72.7 Å². The van der Waals surface area contributed by atoms with E-state index >= 15 is 0 Å². The standard InChI is InChI=1S/C15H30N4O3/c1-5-12(16)13(20)19-10-8-18(9-11-19)7-6-17-14(21)22-15(2,3)4/h12H,5-11,16H2,1-4H3,(H,17,21)/t12-/m1/s1. The summed E-state index contributed by atoms with van der Waals surface area (Å²) in [6.45, 7) is 11.7. The molecule has 1 atom stereocenters. The highest BCUT2D eigenvalue weighted by Crippen LogP contribution is 2.07. The number of ether oxygens (including phenoxy) is 1. The molecule has 7 heteroatoms. The molecule has 0 aliphatic carbocycles. The van der Waals surface area contributed by atoms with Crippen LogP contribution in [0.25, 0.3) is 0 Å². The van der Waals surface area contributed by atoms with Crippen molar-refractivity contribution in [3.05, 3.63) is 0 Å². The average Bonchev–Trinajstić information content (AvgIpc) is 2.44. The third kappa shape index (κ3) is 6.62. The third-order valence-corrected chi connectivity index (χ3v) is 3.54. The maximum absolute atomic E-state index is 12.0. The summed E-state index contributed by atoms with van der Waals surface area (Å²) in [7, 11) is 0. The van der Waals surface area contributed by atoms with Gasteiger partial charge in [0.2, 0.25) is 5.91 Å². The summed E-state index contributed by atoms with van der Waals surface area (Å²) in [6.07, 6.45) is 0.272. The molecule has 22 heavy (non-hydrogen) atoms. The van der Waals surface area contributed by atoms with Gasteiger partial charge in [0.25, 0.3) is 0 Å². The molecule has 1 fully saturated rings. The normalized spacial score (nSPS) is 18.0.